The van der Waals surface area contributed by atoms with Crippen LogP contribution < -0.4 is 24.8 Å². The van der Waals surface area contributed by atoms with E-state index < -0.39 is 9.84 Å². The number of sulfone groups is 1. The number of methoxy groups -OCH3 is 3. The lowest BCUT2D eigenvalue weighted by Gasteiger charge is -2.23. The Bertz CT molecular complexity index is 1440. The third kappa shape index (κ3) is 9.36. The van der Waals surface area contributed by atoms with Gasteiger partial charge in [-0.25, -0.2) is 8.42 Å². The van der Waals surface area contributed by atoms with Crippen molar-refractivity contribution >= 4 is 37.6 Å². The highest BCUT2D eigenvalue weighted by atomic mass is 79.9. The predicted molar refractivity (Wildman–Crippen MR) is 183 cm³/mol. The summed E-state index contributed by atoms with van der Waals surface area (Å²) < 4.78 is 40.7. The largest absolute Gasteiger partial charge is 0.496 e. The van der Waals surface area contributed by atoms with Gasteiger partial charge < -0.3 is 24.8 Å². The van der Waals surface area contributed by atoms with Crippen LogP contribution in [0.2, 0.25) is 0 Å². The summed E-state index contributed by atoms with van der Waals surface area (Å²) in [5.74, 6) is 0.905. The van der Waals surface area contributed by atoms with E-state index in [0.29, 0.717) is 48.0 Å². The van der Waals surface area contributed by atoms with Crippen LogP contribution in [0.3, 0.4) is 0 Å². The number of carbonyl (C=O) groups is 2. The van der Waals surface area contributed by atoms with E-state index in [1.165, 1.54) is 31.7 Å². The van der Waals surface area contributed by atoms with Crippen LogP contribution in [0.5, 0.6) is 17.2 Å². The Hall–Kier alpha value is -2.87. The second kappa shape index (κ2) is 17.9. The Morgan fingerprint density at radius 3 is 1.87 bits per heavy atom. The summed E-state index contributed by atoms with van der Waals surface area (Å²) in [6, 6.07) is 8.74. The lowest BCUT2D eigenvalue weighted by Crippen LogP contribution is -2.40. The number of likely N-dealkylation sites (N-methyl/N-ethyl adjacent to an activating group) is 2. The monoisotopic (exact) mass is 724 g/mol. The van der Waals surface area contributed by atoms with E-state index in [-0.39, 0.29) is 28.0 Å². The second-order valence-corrected chi connectivity index (χ2v) is 14.3. The highest BCUT2D eigenvalue weighted by Gasteiger charge is 2.27. The number of hydrogen-bond donors (Lipinski definition) is 2. The highest BCUT2D eigenvalue weighted by molar-refractivity contribution is 9.10. The molecule has 0 aliphatic carbocycles. The van der Waals surface area contributed by atoms with Gasteiger partial charge in [-0.1, -0.05) is 20.8 Å². The number of likely N-dealkylation sites (tertiary alicyclic amines) is 2. The lowest BCUT2D eigenvalue weighted by atomic mass is 10.1. The van der Waals surface area contributed by atoms with Gasteiger partial charge in [-0.15, -0.1) is 0 Å². The van der Waals surface area contributed by atoms with Crippen LogP contribution in [-0.2, 0) is 9.84 Å². The van der Waals surface area contributed by atoms with Crippen molar-refractivity contribution in [3.05, 3.63) is 45.9 Å². The van der Waals surface area contributed by atoms with Crippen molar-refractivity contribution in [2.75, 3.05) is 66.4 Å². The molecule has 46 heavy (non-hydrogen) atoms. The number of benzene rings is 2. The molecule has 256 valence electrons. The summed E-state index contributed by atoms with van der Waals surface area (Å²) in [6.45, 7) is 11.2. The second-order valence-electron chi connectivity index (χ2n) is 11.2. The van der Waals surface area contributed by atoms with Gasteiger partial charge in [0, 0.05) is 25.2 Å². The number of amides is 2. The molecule has 2 aliphatic heterocycles. The molecule has 2 amide bonds. The first-order valence-corrected chi connectivity index (χ1v) is 18.3. The molecule has 0 radical (unpaired) electrons. The van der Waals surface area contributed by atoms with Gasteiger partial charge in [0.1, 0.15) is 22.8 Å². The number of rotatable bonds is 13. The summed E-state index contributed by atoms with van der Waals surface area (Å²) >= 11 is 3.41. The van der Waals surface area contributed by atoms with E-state index in [2.05, 4.69) is 50.2 Å². The maximum Gasteiger partial charge on any atom is 0.258 e. The first-order chi connectivity index (χ1) is 22.0. The Balaban J connectivity index is 0.000000251. The van der Waals surface area contributed by atoms with Crippen LogP contribution in [0.25, 0.3) is 0 Å². The van der Waals surface area contributed by atoms with E-state index in [0.717, 1.165) is 49.9 Å². The third-order valence-corrected chi connectivity index (χ3v) is 11.0. The van der Waals surface area contributed by atoms with Gasteiger partial charge in [0.25, 0.3) is 11.8 Å². The fraction of sp³-hybridized carbons (Fsp3) is 0.576. The van der Waals surface area contributed by atoms with E-state index in [9.17, 15) is 18.0 Å². The topological polar surface area (TPSA) is 127 Å². The van der Waals surface area contributed by atoms with Gasteiger partial charge in [0.2, 0.25) is 0 Å². The normalized spacial score (nSPS) is 18.4. The van der Waals surface area contributed by atoms with Gasteiger partial charge >= 0.3 is 0 Å². The minimum Gasteiger partial charge on any atom is -0.496 e. The third-order valence-electron chi connectivity index (χ3n) is 8.68. The summed E-state index contributed by atoms with van der Waals surface area (Å²) in [6.07, 6.45) is 4.52. The van der Waals surface area contributed by atoms with Crippen LogP contribution in [0.4, 0.5) is 0 Å². The maximum absolute atomic E-state index is 12.6. The molecule has 2 fully saturated rings. The summed E-state index contributed by atoms with van der Waals surface area (Å²) in [5.41, 5.74) is 0.688. The molecule has 2 heterocycles. The molecule has 1 unspecified atom stereocenters. The molecule has 2 N–H and O–H groups in total. The molecule has 0 aromatic heterocycles. The molecule has 2 atom stereocenters. The molecule has 13 heteroatoms. The zero-order chi connectivity index (χ0) is 33.9. The Morgan fingerprint density at radius 2 is 1.37 bits per heavy atom. The molecule has 2 saturated heterocycles. The quantitative estimate of drug-likeness (QED) is 0.310. The van der Waals surface area contributed by atoms with E-state index in [1.54, 1.807) is 27.2 Å². The average molecular weight is 726 g/mol. The molecule has 0 spiro atoms. The van der Waals surface area contributed by atoms with Crippen LogP contribution in [0, 0.1) is 0 Å². The SMILES string of the molecule is CCN1CCCC1CNC(=O)c1cc(S(=O)(=O)CC)ccc1OC.CCN1CCC[C@H]1CNC(=O)c1c(OC)ccc(Br)c1OC. The van der Waals surface area contributed by atoms with Gasteiger partial charge in [-0.3, -0.25) is 19.4 Å². The summed E-state index contributed by atoms with van der Waals surface area (Å²) in [5, 5.41) is 5.94. The lowest BCUT2D eigenvalue weighted by molar-refractivity contribution is 0.0928. The number of halogens is 1. The number of carbonyl (C=O) groups excluding carboxylic acids is 2. The minimum atomic E-state index is -3.37. The summed E-state index contributed by atoms with van der Waals surface area (Å²) in [7, 11) is 1.20. The molecule has 11 nitrogen and oxygen atoms in total. The molecule has 0 bridgehead atoms. The number of hydrogen-bond acceptors (Lipinski definition) is 9. The standard InChI is InChI=1S/C17H26N2O4S.C16H23BrN2O3/c1-4-19-10-6-7-13(19)12-18-17(20)15-11-14(24(21,22)5-2)8-9-16(15)23-3;1-4-19-9-5-6-11(19)10-18-16(20)14-13(21-2)8-7-12(17)15(14)22-3/h8-9,11,13H,4-7,10,12H2,1-3H3,(H,18,20);7-8,11H,4-6,9-10H2,1-3H3,(H,18,20)/t;11-/m.0/s1. The first kappa shape index (κ1) is 37.6. The van der Waals surface area contributed by atoms with E-state index in [4.69, 9.17) is 14.2 Å². The fourth-order valence-corrected chi connectivity index (χ4v) is 7.44. The van der Waals surface area contributed by atoms with Crippen molar-refractivity contribution in [3.63, 3.8) is 0 Å². The van der Waals surface area contributed by atoms with Crippen molar-refractivity contribution in [1.82, 2.24) is 20.4 Å². The number of ether oxygens (including phenoxy) is 3. The smallest absolute Gasteiger partial charge is 0.258 e. The molecule has 4 rings (SSSR count). The Kier molecular flexibility index (Phi) is 14.6. The number of nitrogens with one attached hydrogen (secondary N) is 2. The fourth-order valence-electron chi connectivity index (χ4n) is 6.04. The van der Waals surface area contributed by atoms with Crippen molar-refractivity contribution < 1.29 is 32.2 Å². The zero-order valence-corrected chi connectivity index (χ0v) is 30.3. The molecule has 2 aromatic carbocycles. The van der Waals surface area contributed by atoms with E-state index in [1.807, 2.05) is 6.07 Å². The molecule has 0 saturated carbocycles. The van der Waals surface area contributed by atoms with Gasteiger partial charge in [0.15, 0.2) is 9.84 Å². The molecule has 2 aliphatic rings. The molecule has 2 aromatic rings. The maximum atomic E-state index is 12.6. The van der Waals surface area contributed by atoms with Crippen LogP contribution in [0.1, 0.15) is 67.2 Å². The zero-order valence-electron chi connectivity index (χ0n) is 27.9. The van der Waals surface area contributed by atoms with Crippen LogP contribution >= 0.6 is 15.9 Å². The van der Waals surface area contributed by atoms with Crippen LogP contribution in [0.15, 0.2) is 39.7 Å². The first-order valence-electron chi connectivity index (χ1n) is 15.9. The van der Waals surface area contributed by atoms with Crippen LogP contribution in [-0.4, -0.2) is 108 Å². The average Bonchev–Trinajstić information content (AvgIpc) is 3.74. The van der Waals surface area contributed by atoms with Gasteiger partial charge in [-0.05, 0) is 98.1 Å². The van der Waals surface area contributed by atoms with Gasteiger partial charge in [-0.2, -0.15) is 0 Å². The highest BCUT2D eigenvalue weighted by Crippen LogP contribution is 2.35. The summed E-state index contributed by atoms with van der Waals surface area (Å²) in [4.78, 5) is 30.0. The van der Waals surface area contributed by atoms with Crippen molar-refractivity contribution in [2.24, 2.45) is 0 Å². The van der Waals surface area contributed by atoms with E-state index >= 15 is 0 Å². The molecular formula is C33H49BrN4O7S. The predicted octanol–water partition coefficient (Wildman–Crippen LogP) is 4.38. The Labute approximate surface area is 282 Å². The minimum absolute atomic E-state index is 0.00603. The molecular weight excluding hydrogens is 676 g/mol. The number of nitrogens with zero attached hydrogens (tertiary/aromatic N) is 2. The van der Waals surface area contributed by atoms with Crippen molar-refractivity contribution in [1.29, 1.82) is 0 Å². The van der Waals surface area contributed by atoms with Gasteiger partial charge in [0.05, 0.1) is 42.0 Å². The van der Waals surface area contributed by atoms with Crippen molar-refractivity contribution in [3.8, 4) is 17.2 Å². The Morgan fingerprint density at radius 1 is 0.826 bits per heavy atom. The van der Waals surface area contributed by atoms with Crippen molar-refractivity contribution in [2.45, 2.75) is 63.4 Å².